The molecule has 0 aliphatic rings. The van der Waals surface area contributed by atoms with Crippen LogP contribution in [0.25, 0.3) is 0 Å². The molecule has 0 spiro atoms. The van der Waals surface area contributed by atoms with E-state index in [9.17, 15) is 0 Å². The third kappa shape index (κ3) is 3.04. The monoisotopic (exact) mass is 302 g/mol. The van der Waals surface area contributed by atoms with Crippen LogP contribution in [0.1, 0.15) is 4.88 Å². The van der Waals surface area contributed by atoms with Gasteiger partial charge in [0.1, 0.15) is 5.02 Å². The first-order chi connectivity index (χ1) is 8.60. The second kappa shape index (κ2) is 5.73. The Hall–Kier alpha value is -1.04. The van der Waals surface area contributed by atoms with Crippen LogP contribution in [0.3, 0.4) is 0 Å². The quantitative estimate of drug-likeness (QED) is 0.938. The van der Waals surface area contributed by atoms with Gasteiger partial charge in [0.15, 0.2) is 5.82 Å². The Balaban J connectivity index is 2.20. The van der Waals surface area contributed by atoms with Gasteiger partial charge in [-0.25, -0.2) is 4.98 Å². The second-order valence-corrected chi connectivity index (χ2v) is 5.88. The van der Waals surface area contributed by atoms with Crippen molar-refractivity contribution >= 4 is 46.3 Å². The highest BCUT2D eigenvalue weighted by molar-refractivity contribution is 7.16. The fourth-order valence-electron chi connectivity index (χ4n) is 1.49. The van der Waals surface area contributed by atoms with Crippen molar-refractivity contribution in [3.05, 3.63) is 32.6 Å². The van der Waals surface area contributed by atoms with E-state index in [-0.39, 0.29) is 0 Å². The predicted octanol–water partition coefficient (Wildman–Crippen LogP) is 3.52. The van der Waals surface area contributed by atoms with E-state index in [1.165, 1.54) is 0 Å². The van der Waals surface area contributed by atoms with Crippen molar-refractivity contribution in [3.8, 4) is 0 Å². The van der Waals surface area contributed by atoms with Gasteiger partial charge >= 0.3 is 0 Å². The second-order valence-electron chi connectivity index (χ2n) is 3.68. The number of nitrogens with zero attached hydrogens (tertiary/aromatic N) is 3. The number of hydrogen-bond donors (Lipinski definition) is 1. The van der Waals surface area contributed by atoms with Gasteiger partial charge in [-0.2, -0.15) is 4.98 Å². The number of anilines is 2. The number of rotatable bonds is 4. The number of thiophene rings is 1. The van der Waals surface area contributed by atoms with Crippen LogP contribution in [0.15, 0.2) is 18.3 Å². The van der Waals surface area contributed by atoms with E-state index < -0.39 is 0 Å². The van der Waals surface area contributed by atoms with Crippen LogP contribution < -0.4 is 10.2 Å². The first kappa shape index (κ1) is 13.4. The normalized spacial score (nSPS) is 10.4. The Morgan fingerprint density at radius 3 is 2.78 bits per heavy atom. The zero-order chi connectivity index (χ0) is 13.1. The van der Waals surface area contributed by atoms with Crippen LogP contribution in [0.4, 0.5) is 11.8 Å². The van der Waals surface area contributed by atoms with Gasteiger partial charge in [0, 0.05) is 19.0 Å². The fraction of sp³-hybridized carbons (Fsp3) is 0.273. The molecular weight excluding hydrogens is 291 g/mol. The van der Waals surface area contributed by atoms with Crippen LogP contribution in [0, 0.1) is 0 Å². The highest BCUT2D eigenvalue weighted by Gasteiger charge is 2.11. The summed E-state index contributed by atoms with van der Waals surface area (Å²) >= 11 is 13.6. The van der Waals surface area contributed by atoms with Crippen LogP contribution in [0.5, 0.6) is 0 Å². The third-order valence-electron chi connectivity index (χ3n) is 2.33. The third-order valence-corrected chi connectivity index (χ3v) is 3.82. The largest absolute Gasteiger partial charge is 0.357 e. The van der Waals surface area contributed by atoms with E-state index >= 15 is 0 Å². The summed E-state index contributed by atoms with van der Waals surface area (Å²) in [6.45, 7) is 0.706. The molecule has 96 valence electrons. The zero-order valence-corrected chi connectivity index (χ0v) is 12.3. The van der Waals surface area contributed by atoms with Crippen molar-refractivity contribution in [2.45, 2.75) is 6.54 Å². The molecule has 4 nitrogen and oxygen atoms in total. The van der Waals surface area contributed by atoms with Crippen LogP contribution in [-0.4, -0.2) is 24.1 Å². The molecular formula is C11H12Cl2N4S. The van der Waals surface area contributed by atoms with E-state index in [2.05, 4.69) is 15.3 Å². The van der Waals surface area contributed by atoms with E-state index in [0.29, 0.717) is 23.3 Å². The molecule has 0 aromatic carbocycles. The van der Waals surface area contributed by atoms with Crippen LogP contribution in [-0.2, 0) is 6.54 Å². The van der Waals surface area contributed by atoms with Gasteiger partial charge in [0.25, 0.3) is 0 Å². The lowest BCUT2D eigenvalue weighted by atomic mass is 10.4. The van der Waals surface area contributed by atoms with Crippen molar-refractivity contribution < 1.29 is 0 Å². The Morgan fingerprint density at radius 2 is 2.17 bits per heavy atom. The molecule has 2 aromatic rings. The number of nitrogens with one attached hydrogen (secondary N) is 1. The summed E-state index contributed by atoms with van der Waals surface area (Å²) in [4.78, 5) is 11.5. The first-order valence-corrected chi connectivity index (χ1v) is 6.83. The molecule has 0 fully saturated rings. The van der Waals surface area contributed by atoms with E-state index in [1.54, 1.807) is 24.6 Å². The van der Waals surface area contributed by atoms with E-state index in [0.717, 1.165) is 9.21 Å². The average Bonchev–Trinajstić information content (AvgIpc) is 2.75. The molecule has 2 aromatic heterocycles. The maximum atomic E-state index is 6.10. The van der Waals surface area contributed by atoms with Gasteiger partial charge < -0.3 is 10.2 Å². The highest BCUT2D eigenvalue weighted by atomic mass is 35.5. The van der Waals surface area contributed by atoms with Crippen molar-refractivity contribution in [1.82, 2.24) is 9.97 Å². The molecule has 0 aliphatic heterocycles. The van der Waals surface area contributed by atoms with Crippen molar-refractivity contribution in [2.75, 3.05) is 24.3 Å². The predicted molar refractivity (Wildman–Crippen MR) is 78.0 cm³/mol. The summed E-state index contributed by atoms with van der Waals surface area (Å²) in [6, 6.07) is 3.88. The molecule has 2 rings (SSSR count). The molecule has 2 heterocycles. The molecule has 0 saturated carbocycles. The average molecular weight is 303 g/mol. The summed E-state index contributed by atoms with van der Waals surface area (Å²) in [6.07, 6.45) is 1.59. The first-order valence-electron chi connectivity index (χ1n) is 5.26. The molecule has 0 amide bonds. The zero-order valence-electron chi connectivity index (χ0n) is 9.94. The van der Waals surface area contributed by atoms with Crippen LogP contribution in [0.2, 0.25) is 9.36 Å². The summed E-state index contributed by atoms with van der Waals surface area (Å²) in [5, 5.41) is 3.42. The summed E-state index contributed by atoms with van der Waals surface area (Å²) in [7, 11) is 3.70. The number of aromatic nitrogens is 2. The minimum absolute atomic E-state index is 0.527. The van der Waals surface area contributed by atoms with Gasteiger partial charge in [-0.15, -0.1) is 11.3 Å². The lowest BCUT2D eigenvalue weighted by Crippen LogP contribution is -2.18. The van der Waals surface area contributed by atoms with Gasteiger partial charge in [0.05, 0.1) is 17.1 Å². The summed E-state index contributed by atoms with van der Waals surface area (Å²) < 4.78 is 0.781. The molecule has 7 heteroatoms. The maximum absolute atomic E-state index is 6.10. The Kier molecular flexibility index (Phi) is 4.27. The standard InChI is InChI=1S/C11H12Cl2N4S/c1-14-11-15-5-8(12)10(16-11)17(2)6-7-3-4-9(13)18-7/h3-5H,6H2,1-2H3,(H,14,15,16). The van der Waals surface area contributed by atoms with Gasteiger partial charge in [-0.05, 0) is 12.1 Å². The maximum Gasteiger partial charge on any atom is 0.224 e. The fourth-order valence-corrected chi connectivity index (χ4v) is 2.87. The van der Waals surface area contributed by atoms with E-state index in [1.807, 2.05) is 24.1 Å². The topological polar surface area (TPSA) is 41.1 Å². The van der Waals surface area contributed by atoms with Crippen LogP contribution >= 0.6 is 34.5 Å². The van der Waals surface area contributed by atoms with Crippen molar-refractivity contribution in [1.29, 1.82) is 0 Å². The molecule has 0 unspecified atom stereocenters. The lowest BCUT2D eigenvalue weighted by Gasteiger charge is -2.18. The summed E-state index contributed by atoms with van der Waals surface area (Å²) in [5.74, 6) is 1.24. The molecule has 18 heavy (non-hydrogen) atoms. The number of hydrogen-bond acceptors (Lipinski definition) is 5. The van der Waals surface area contributed by atoms with E-state index in [4.69, 9.17) is 23.2 Å². The van der Waals surface area contributed by atoms with Crippen molar-refractivity contribution in [2.24, 2.45) is 0 Å². The minimum Gasteiger partial charge on any atom is -0.357 e. The molecule has 0 atom stereocenters. The Bertz CT molecular complexity index is 544. The molecule has 0 radical (unpaired) electrons. The molecule has 0 aliphatic carbocycles. The smallest absolute Gasteiger partial charge is 0.224 e. The Morgan fingerprint density at radius 1 is 1.39 bits per heavy atom. The summed E-state index contributed by atoms with van der Waals surface area (Å²) in [5.41, 5.74) is 0. The molecule has 1 N–H and O–H groups in total. The minimum atomic E-state index is 0.527. The van der Waals surface area contributed by atoms with Gasteiger partial charge in [-0.3, -0.25) is 0 Å². The van der Waals surface area contributed by atoms with Crippen molar-refractivity contribution in [3.63, 3.8) is 0 Å². The van der Waals surface area contributed by atoms with Gasteiger partial charge in [-0.1, -0.05) is 23.2 Å². The molecule has 0 saturated heterocycles. The SMILES string of the molecule is CNc1ncc(Cl)c(N(C)Cc2ccc(Cl)s2)n1. The van der Waals surface area contributed by atoms with Gasteiger partial charge in [0.2, 0.25) is 5.95 Å². The number of halogens is 2. The highest BCUT2D eigenvalue weighted by Crippen LogP contribution is 2.27. The molecule has 0 bridgehead atoms. The Labute approximate surface area is 120 Å². The lowest BCUT2D eigenvalue weighted by molar-refractivity contribution is 0.906.